The van der Waals surface area contributed by atoms with Crippen molar-refractivity contribution in [1.82, 2.24) is 0 Å². The van der Waals surface area contributed by atoms with Gasteiger partial charge in [0.05, 0.1) is 5.69 Å². The number of carbonyl (C=O) groups is 1. The van der Waals surface area contributed by atoms with Gasteiger partial charge in [0.25, 0.3) is 5.91 Å². The minimum atomic E-state index is -0.654. The van der Waals surface area contributed by atoms with Crippen LogP contribution in [0.15, 0.2) is 58.6 Å². The summed E-state index contributed by atoms with van der Waals surface area (Å²) in [5.74, 6) is -1.21. The van der Waals surface area contributed by atoms with Crippen molar-refractivity contribution in [1.29, 1.82) is 5.26 Å². The summed E-state index contributed by atoms with van der Waals surface area (Å²) in [6.07, 6.45) is 1.44. The van der Waals surface area contributed by atoms with E-state index in [-0.39, 0.29) is 11.3 Å². The highest BCUT2D eigenvalue weighted by atomic mass is 79.9. The molecule has 104 valence electrons. The molecule has 3 nitrogen and oxygen atoms in total. The predicted molar refractivity (Wildman–Crippen MR) is 82.8 cm³/mol. The predicted octanol–water partition coefficient (Wildman–Crippen LogP) is 4.13. The summed E-state index contributed by atoms with van der Waals surface area (Å²) in [5, 5.41) is 11.5. The fourth-order valence-corrected chi connectivity index (χ4v) is 2.05. The molecule has 0 heterocycles. The van der Waals surface area contributed by atoms with Crippen molar-refractivity contribution in [3.8, 4) is 6.07 Å². The SMILES string of the molecule is N#CC(=Cc1ccccc1Br)C(=O)Nc1ccccc1F. The van der Waals surface area contributed by atoms with E-state index < -0.39 is 11.7 Å². The molecule has 0 unspecified atom stereocenters. The van der Waals surface area contributed by atoms with Gasteiger partial charge >= 0.3 is 0 Å². The molecule has 0 aromatic heterocycles. The average Bonchev–Trinajstić information content (AvgIpc) is 2.48. The van der Waals surface area contributed by atoms with E-state index in [4.69, 9.17) is 5.26 Å². The van der Waals surface area contributed by atoms with E-state index in [2.05, 4.69) is 21.2 Å². The molecule has 0 radical (unpaired) electrons. The topological polar surface area (TPSA) is 52.9 Å². The van der Waals surface area contributed by atoms with E-state index in [0.717, 1.165) is 4.47 Å². The molecule has 0 saturated carbocycles. The van der Waals surface area contributed by atoms with Gasteiger partial charge in [-0.25, -0.2) is 4.39 Å². The molecule has 2 aromatic rings. The van der Waals surface area contributed by atoms with Crippen LogP contribution in [0, 0.1) is 17.1 Å². The summed E-state index contributed by atoms with van der Waals surface area (Å²) >= 11 is 3.34. The Morgan fingerprint density at radius 2 is 1.86 bits per heavy atom. The van der Waals surface area contributed by atoms with Crippen LogP contribution >= 0.6 is 15.9 Å². The normalized spacial score (nSPS) is 10.8. The summed E-state index contributed by atoms with van der Waals surface area (Å²) in [6.45, 7) is 0. The summed E-state index contributed by atoms with van der Waals surface area (Å²) < 4.78 is 14.2. The molecule has 1 amide bonds. The number of nitriles is 1. The summed E-state index contributed by atoms with van der Waals surface area (Å²) in [7, 11) is 0. The van der Waals surface area contributed by atoms with Gasteiger partial charge in [-0.3, -0.25) is 4.79 Å². The highest BCUT2D eigenvalue weighted by molar-refractivity contribution is 9.10. The van der Waals surface area contributed by atoms with Gasteiger partial charge in [-0.1, -0.05) is 46.3 Å². The van der Waals surface area contributed by atoms with E-state index in [9.17, 15) is 9.18 Å². The second-order valence-corrected chi connectivity index (χ2v) is 4.98. The van der Waals surface area contributed by atoms with Crippen LogP contribution < -0.4 is 5.32 Å². The van der Waals surface area contributed by atoms with Crippen LogP contribution in [0.25, 0.3) is 6.08 Å². The summed E-state index contributed by atoms with van der Waals surface area (Å²) in [6, 6.07) is 14.8. The van der Waals surface area contributed by atoms with Crippen LogP contribution in [0.3, 0.4) is 0 Å². The second-order valence-electron chi connectivity index (χ2n) is 4.13. The molecule has 0 atom stereocenters. The van der Waals surface area contributed by atoms with Crippen molar-refractivity contribution in [3.05, 3.63) is 70.0 Å². The van der Waals surface area contributed by atoms with E-state index >= 15 is 0 Å². The lowest BCUT2D eigenvalue weighted by Crippen LogP contribution is -2.14. The number of rotatable bonds is 3. The number of benzene rings is 2. The highest BCUT2D eigenvalue weighted by Gasteiger charge is 2.12. The van der Waals surface area contributed by atoms with Gasteiger partial charge in [0.1, 0.15) is 17.5 Å². The standard InChI is InChI=1S/C16H10BrFN2O/c17-13-6-2-1-5-11(13)9-12(10-19)16(21)20-15-8-4-3-7-14(15)18/h1-9H,(H,20,21). The highest BCUT2D eigenvalue weighted by Crippen LogP contribution is 2.20. The first kappa shape index (κ1) is 14.9. The number of anilines is 1. The molecule has 0 fully saturated rings. The molecule has 0 aliphatic rings. The van der Waals surface area contributed by atoms with Crippen LogP contribution in [0.1, 0.15) is 5.56 Å². The van der Waals surface area contributed by atoms with Gasteiger partial charge in [-0.15, -0.1) is 0 Å². The third-order valence-electron chi connectivity index (χ3n) is 2.69. The molecule has 0 saturated heterocycles. The van der Waals surface area contributed by atoms with Gasteiger partial charge in [0, 0.05) is 4.47 Å². The van der Waals surface area contributed by atoms with Crippen molar-refractivity contribution >= 4 is 33.6 Å². The van der Waals surface area contributed by atoms with Crippen LogP contribution in [-0.2, 0) is 4.79 Å². The number of para-hydroxylation sites is 1. The zero-order chi connectivity index (χ0) is 15.2. The van der Waals surface area contributed by atoms with E-state index in [1.54, 1.807) is 24.3 Å². The minimum Gasteiger partial charge on any atom is -0.319 e. The molecule has 2 rings (SSSR count). The molecular weight excluding hydrogens is 335 g/mol. The van der Waals surface area contributed by atoms with Crippen LogP contribution in [-0.4, -0.2) is 5.91 Å². The van der Waals surface area contributed by atoms with Gasteiger partial charge in [-0.2, -0.15) is 5.26 Å². The smallest absolute Gasteiger partial charge is 0.266 e. The first-order chi connectivity index (χ1) is 10.1. The number of carbonyl (C=O) groups excluding carboxylic acids is 1. The van der Waals surface area contributed by atoms with E-state index in [0.29, 0.717) is 5.56 Å². The fraction of sp³-hybridized carbons (Fsp3) is 0. The van der Waals surface area contributed by atoms with Crippen molar-refractivity contribution in [3.63, 3.8) is 0 Å². The van der Waals surface area contributed by atoms with Crippen molar-refractivity contribution in [2.24, 2.45) is 0 Å². The monoisotopic (exact) mass is 344 g/mol. The van der Waals surface area contributed by atoms with E-state index in [1.807, 2.05) is 12.1 Å². The molecule has 5 heteroatoms. The van der Waals surface area contributed by atoms with Crippen LogP contribution in [0.4, 0.5) is 10.1 Å². The number of hydrogen-bond acceptors (Lipinski definition) is 2. The quantitative estimate of drug-likeness (QED) is 0.672. The molecular formula is C16H10BrFN2O. The van der Waals surface area contributed by atoms with Gasteiger partial charge in [0.15, 0.2) is 0 Å². The Morgan fingerprint density at radius 1 is 1.19 bits per heavy atom. The maximum Gasteiger partial charge on any atom is 0.266 e. The Balaban J connectivity index is 2.26. The lowest BCUT2D eigenvalue weighted by molar-refractivity contribution is -0.112. The van der Waals surface area contributed by atoms with Crippen LogP contribution in [0.5, 0.6) is 0 Å². The second kappa shape index (κ2) is 6.82. The average molecular weight is 345 g/mol. The number of amides is 1. The molecule has 0 spiro atoms. The fourth-order valence-electron chi connectivity index (χ4n) is 1.65. The third kappa shape index (κ3) is 3.77. The maximum atomic E-state index is 13.5. The summed E-state index contributed by atoms with van der Waals surface area (Å²) in [4.78, 5) is 12.0. The summed E-state index contributed by atoms with van der Waals surface area (Å²) in [5.41, 5.74) is 0.624. The van der Waals surface area contributed by atoms with Gasteiger partial charge < -0.3 is 5.32 Å². The molecule has 21 heavy (non-hydrogen) atoms. The van der Waals surface area contributed by atoms with Crippen molar-refractivity contribution in [2.75, 3.05) is 5.32 Å². The minimum absolute atomic E-state index is 0.0378. The van der Waals surface area contributed by atoms with Crippen molar-refractivity contribution < 1.29 is 9.18 Å². The Hall–Kier alpha value is -2.45. The molecule has 0 aliphatic heterocycles. The molecule has 0 aliphatic carbocycles. The maximum absolute atomic E-state index is 13.5. The largest absolute Gasteiger partial charge is 0.319 e. The molecule has 2 aromatic carbocycles. The Bertz CT molecular complexity index is 750. The van der Waals surface area contributed by atoms with Gasteiger partial charge in [-0.05, 0) is 29.8 Å². The van der Waals surface area contributed by atoms with Crippen LogP contribution in [0.2, 0.25) is 0 Å². The number of nitrogens with zero attached hydrogens (tertiary/aromatic N) is 1. The third-order valence-corrected chi connectivity index (χ3v) is 3.41. The number of halogens is 2. The lowest BCUT2D eigenvalue weighted by atomic mass is 10.1. The first-order valence-electron chi connectivity index (χ1n) is 6.04. The van der Waals surface area contributed by atoms with E-state index in [1.165, 1.54) is 24.3 Å². The molecule has 0 bridgehead atoms. The zero-order valence-corrected chi connectivity index (χ0v) is 12.4. The van der Waals surface area contributed by atoms with Gasteiger partial charge in [0.2, 0.25) is 0 Å². The Morgan fingerprint density at radius 3 is 2.52 bits per heavy atom. The Kier molecular flexibility index (Phi) is 4.85. The Labute approximate surface area is 129 Å². The molecule has 1 N–H and O–H groups in total. The number of nitrogens with one attached hydrogen (secondary N) is 1. The van der Waals surface area contributed by atoms with Crippen molar-refractivity contribution in [2.45, 2.75) is 0 Å². The first-order valence-corrected chi connectivity index (χ1v) is 6.83. The number of hydrogen-bond donors (Lipinski definition) is 1. The lowest BCUT2D eigenvalue weighted by Gasteiger charge is -2.05. The zero-order valence-electron chi connectivity index (χ0n) is 10.8.